The summed E-state index contributed by atoms with van der Waals surface area (Å²) in [5, 5.41) is 4.36. The molecule has 2 aromatic rings. The number of hydrogen-bond donors (Lipinski definition) is 1. The van der Waals surface area contributed by atoms with E-state index in [1.807, 2.05) is 37.4 Å². The van der Waals surface area contributed by atoms with Gasteiger partial charge in [0.1, 0.15) is 0 Å². The van der Waals surface area contributed by atoms with Crippen LogP contribution in [-0.2, 0) is 10.3 Å². The fraction of sp³-hybridized carbons (Fsp3) is 0.235. The molecule has 1 aliphatic heterocycles. The third-order valence-corrected chi connectivity index (χ3v) is 4.06. The highest BCUT2D eigenvalue weighted by Gasteiger charge is 2.37. The lowest BCUT2D eigenvalue weighted by molar-refractivity contribution is -0.128. The molecular formula is C17H17N5O. The van der Waals surface area contributed by atoms with Crippen LogP contribution in [0.3, 0.4) is 0 Å². The monoisotopic (exact) mass is 307 g/mol. The van der Waals surface area contributed by atoms with Crippen molar-refractivity contribution in [1.82, 2.24) is 14.7 Å². The lowest BCUT2D eigenvalue weighted by Crippen LogP contribution is -2.47. The van der Waals surface area contributed by atoms with E-state index in [0.29, 0.717) is 0 Å². The number of terminal acetylenes is 1. The first kappa shape index (κ1) is 14.9. The molecule has 1 atom stereocenters. The Kier molecular flexibility index (Phi) is 3.41. The van der Waals surface area contributed by atoms with Gasteiger partial charge in [0.25, 0.3) is 0 Å². The quantitative estimate of drug-likeness (QED) is 0.848. The number of benzene rings is 1. The maximum absolute atomic E-state index is 12.1. The van der Waals surface area contributed by atoms with Crippen LogP contribution >= 0.6 is 0 Å². The third-order valence-electron chi connectivity index (χ3n) is 4.06. The molecule has 3 rings (SSSR count). The molecule has 1 aliphatic rings. The number of carbonyl (C=O) groups is 1. The van der Waals surface area contributed by atoms with Crippen LogP contribution in [0.2, 0.25) is 0 Å². The summed E-state index contributed by atoms with van der Waals surface area (Å²) in [6.45, 7) is 1.88. The zero-order valence-electron chi connectivity index (χ0n) is 13.0. The molecule has 6 nitrogen and oxygen atoms in total. The van der Waals surface area contributed by atoms with Crippen LogP contribution in [-0.4, -0.2) is 33.6 Å². The Hall–Kier alpha value is -3.07. The van der Waals surface area contributed by atoms with Crippen molar-refractivity contribution < 1.29 is 4.79 Å². The van der Waals surface area contributed by atoms with Crippen molar-refractivity contribution in [2.75, 3.05) is 7.05 Å². The minimum absolute atomic E-state index is 0.0675. The molecule has 1 aromatic heterocycles. The lowest BCUT2D eigenvalue weighted by atomic mass is 9.90. The summed E-state index contributed by atoms with van der Waals surface area (Å²) < 4.78 is 1.72. The second kappa shape index (κ2) is 5.29. The Morgan fingerprint density at radius 2 is 2.22 bits per heavy atom. The molecule has 0 radical (unpaired) electrons. The second-order valence-corrected chi connectivity index (χ2v) is 5.74. The summed E-state index contributed by atoms with van der Waals surface area (Å²) in [7, 11) is 1.62. The summed E-state index contributed by atoms with van der Waals surface area (Å²) in [6.07, 6.45) is 9.24. The lowest BCUT2D eigenvalue weighted by Gasteiger charge is -2.32. The zero-order valence-corrected chi connectivity index (χ0v) is 13.0. The minimum Gasteiger partial charge on any atom is -0.369 e. The molecule has 1 aromatic carbocycles. The topological polar surface area (TPSA) is 76.5 Å². The molecule has 2 heterocycles. The van der Waals surface area contributed by atoms with E-state index in [-0.39, 0.29) is 18.3 Å². The van der Waals surface area contributed by atoms with E-state index in [0.717, 1.165) is 16.8 Å². The van der Waals surface area contributed by atoms with E-state index in [9.17, 15) is 4.79 Å². The van der Waals surface area contributed by atoms with Gasteiger partial charge in [-0.2, -0.15) is 5.10 Å². The molecule has 0 aliphatic carbocycles. The number of hydrogen-bond acceptors (Lipinski definition) is 4. The van der Waals surface area contributed by atoms with Crippen LogP contribution in [0.4, 0.5) is 0 Å². The van der Waals surface area contributed by atoms with Crippen molar-refractivity contribution >= 4 is 11.9 Å². The van der Waals surface area contributed by atoms with Crippen LogP contribution in [0.25, 0.3) is 5.69 Å². The minimum atomic E-state index is -0.713. The summed E-state index contributed by atoms with van der Waals surface area (Å²) >= 11 is 0. The highest BCUT2D eigenvalue weighted by molar-refractivity contribution is 5.98. The first-order chi connectivity index (χ1) is 10.9. The SMILES string of the molecule is C#Cc1cccc(-n2cc([C@]3(C)CC(=O)N(C)C(N)=N3)cn2)c1. The average molecular weight is 307 g/mol. The molecule has 23 heavy (non-hydrogen) atoms. The zero-order chi connectivity index (χ0) is 16.6. The number of carbonyl (C=O) groups excluding carboxylic acids is 1. The van der Waals surface area contributed by atoms with E-state index in [1.165, 1.54) is 4.90 Å². The van der Waals surface area contributed by atoms with Crippen molar-refractivity contribution in [2.24, 2.45) is 10.7 Å². The van der Waals surface area contributed by atoms with Gasteiger partial charge in [-0.05, 0) is 25.1 Å². The van der Waals surface area contributed by atoms with E-state index < -0.39 is 5.54 Å². The van der Waals surface area contributed by atoms with Crippen LogP contribution in [0, 0.1) is 12.3 Å². The number of amides is 1. The Morgan fingerprint density at radius 1 is 1.43 bits per heavy atom. The fourth-order valence-corrected chi connectivity index (χ4v) is 2.56. The van der Waals surface area contributed by atoms with Crippen LogP contribution in [0.15, 0.2) is 41.7 Å². The molecule has 0 fully saturated rings. The van der Waals surface area contributed by atoms with Crippen molar-refractivity contribution in [2.45, 2.75) is 18.9 Å². The number of rotatable bonds is 2. The number of aliphatic imine (C=N–C) groups is 1. The highest BCUT2D eigenvalue weighted by atomic mass is 16.2. The van der Waals surface area contributed by atoms with Crippen molar-refractivity contribution in [3.63, 3.8) is 0 Å². The number of guanidine groups is 1. The largest absolute Gasteiger partial charge is 0.369 e. The predicted molar refractivity (Wildman–Crippen MR) is 87.9 cm³/mol. The Labute approximate surface area is 134 Å². The molecule has 0 unspecified atom stereocenters. The summed E-state index contributed by atoms with van der Waals surface area (Å²) in [5.74, 6) is 2.75. The predicted octanol–water partition coefficient (Wildman–Crippen LogP) is 1.25. The summed E-state index contributed by atoms with van der Waals surface area (Å²) in [4.78, 5) is 17.9. The average Bonchev–Trinajstić information content (AvgIpc) is 3.03. The van der Waals surface area contributed by atoms with Crippen molar-refractivity contribution in [1.29, 1.82) is 0 Å². The smallest absolute Gasteiger partial charge is 0.231 e. The van der Waals surface area contributed by atoms with E-state index in [1.54, 1.807) is 17.9 Å². The Bertz CT molecular complexity index is 845. The van der Waals surface area contributed by atoms with Gasteiger partial charge in [0, 0.05) is 24.4 Å². The Morgan fingerprint density at radius 3 is 2.91 bits per heavy atom. The molecule has 0 spiro atoms. The number of nitrogens with zero attached hydrogens (tertiary/aromatic N) is 4. The molecule has 6 heteroatoms. The van der Waals surface area contributed by atoms with Gasteiger partial charge in [-0.3, -0.25) is 9.69 Å². The van der Waals surface area contributed by atoms with Gasteiger partial charge in [-0.1, -0.05) is 12.0 Å². The molecule has 0 bridgehead atoms. The molecule has 116 valence electrons. The first-order valence-electron chi connectivity index (χ1n) is 7.17. The van der Waals surface area contributed by atoms with Gasteiger partial charge in [-0.25, -0.2) is 9.67 Å². The van der Waals surface area contributed by atoms with Crippen LogP contribution in [0.5, 0.6) is 0 Å². The Balaban J connectivity index is 1.99. The summed E-state index contributed by atoms with van der Waals surface area (Å²) in [6, 6.07) is 7.52. The third kappa shape index (κ3) is 2.57. The normalized spacial score (nSPS) is 21.0. The highest BCUT2D eigenvalue weighted by Crippen LogP contribution is 2.32. The van der Waals surface area contributed by atoms with E-state index in [2.05, 4.69) is 16.0 Å². The molecule has 0 saturated carbocycles. The van der Waals surface area contributed by atoms with Gasteiger partial charge < -0.3 is 5.73 Å². The number of aromatic nitrogens is 2. The fourth-order valence-electron chi connectivity index (χ4n) is 2.56. The van der Waals surface area contributed by atoms with Gasteiger partial charge >= 0.3 is 0 Å². The molecule has 0 saturated heterocycles. The molecule has 1 amide bonds. The van der Waals surface area contributed by atoms with E-state index in [4.69, 9.17) is 12.2 Å². The molecule has 2 N–H and O–H groups in total. The first-order valence-corrected chi connectivity index (χ1v) is 7.17. The van der Waals surface area contributed by atoms with Crippen molar-refractivity contribution in [3.05, 3.63) is 47.8 Å². The second-order valence-electron chi connectivity index (χ2n) is 5.74. The van der Waals surface area contributed by atoms with Crippen LogP contribution in [0.1, 0.15) is 24.5 Å². The maximum atomic E-state index is 12.1. The number of nitrogens with two attached hydrogens (primary N) is 1. The standard InChI is InChI=1S/C17H17N5O/c1-4-12-6-5-7-14(8-12)22-11-13(10-19-22)17(2)9-15(23)21(3)16(18)20-17/h1,5-8,10-11H,9H2,2-3H3,(H2,18,20)/t17-/m0/s1. The van der Waals surface area contributed by atoms with Crippen LogP contribution < -0.4 is 5.73 Å². The van der Waals surface area contributed by atoms with Gasteiger partial charge in [0.05, 0.1) is 23.8 Å². The van der Waals surface area contributed by atoms with Crippen molar-refractivity contribution in [3.8, 4) is 18.0 Å². The molecular weight excluding hydrogens is 290 g/mol. The van der Waals surface area contributed by atoms with E-state index >= 15 is 0 Å². The van der Waals surface area contributed by atoms with Gasteiger partial charge in [0.2, 0.25) is 5.91 Å². The summed E-state index contributed by atoms with van der Waals surface area (Å²) in [5.41, 5.74) is 7.59. The van der Waals surface area contributed by atoms with Gasteiger partial charge in [0.15, 0.2) is 5.96 Å². The maximum Gasteiger partial charge on any atom is 0.231 e. The van der Waals surface area contributed by atoms with Gasteiger partial charge in [-0.15, -0.1) is 6.42 Å².